The van der Waals surface area contributed by atoms with Crippen LogP contribution < -0.4 is 10.6 Å². The number of aliphatic imine (C=N–C) groups is 1. The molecule has 15 heavy (non-hydrogen) atoms. The van der Waals surface area contributed by atoms with Crippen LogP contribution in [0.25, 0.3) is 0 Å². The molecule has 0 spiro atoms. The number of hydrogen-bond acceptors (Lipinski definition) is 3. The van der Waals surface area contributed by atoms with Crippen molar-refractivity contribution in [1.29, 1.82) is 0 Å². The topological polar surface area (TPSA) is 36.4 Å². The van der Waals surface area contributed by atoms with Crippen LogP contribution in [-0.2, 0) is 0 Å². The van der Waals surface area contributed by atoms with Gasteiger partial charge in [-0.05, 0) is 24.3 Å². The van der Waals surface area contributed by atoms with Crippen LogP contribution in [0.15, 0.2) is 40.2 Å². The number of rotatable bonds is 2. The highest BCUT2D eigenvalue weighted by Crippen LogP contribution is 2.17. The lowest BCUT2D eigenvalue weighted by molar-refractivity contribution is 0.912. The average molecular weight is 242 g/mol. The van der Waals surface area contributed by atoms with E-state index in [0.717, 1.165) is 5.69 Å². The van der Waals surface area contributed by atoms with Gasteiger partial charge >= 0.3 is 0 Å². The maximum atomic E-state index is 5.89. The first-order valence-corrected chi connectivity index (χ1v) is 5.20. The van der Waals surface area contributed by atoms with Crippen molar-refractivity contribution in [3.8, 4) is 0 Å². The Morgan fingerprint density at radius 3 is 2.60 bits per heavy atom. The molecule has 2 N–H and O–H groups in total. The van der Waals surface area contributed by atoms with Crippen molar-refractivity contribution < 1.29 is 0 Å². The molecule has 1 aromatic carbocycles. The Morgan fingerprint density at radius 2 is 1.93 bits per heavy atom. The van der Waals surface area contributed by atoms with E-state index in [1.165, 1.54) is 0 Å². The molecule has 0 radical (unpaired) electrons. The molecular formula is C10H9Cl2N3. The Kier molecular flexibility index (Phi) is 3.14. The second-order valence-electron chi connectivity index (χ2n) is 2.99. The van der Waals surface area contributed by atoms with Gasteiger partial charge in [0.1, 0.15) is 5.82 Å². The van der Waals surface area contributed by atoms with E-state index in [1.807, 2.05) is 24.3 Å². The van der Waals surface area contributed by atoms with Crippen molar-refractivity contribution in [2.24, 2.45) is 4.99 Å². The first kappa shape index (κ1) is 10.3. The minimum absolute atomic E-state index is 0.427. The largest absolute Gasteiger partial charge is 0.364 e. The van der Waals surface area contributed by atoms with Gasteiger partial charge in [-0.15, -0.1) is 0 Å². The summed E-state index contributed by atoms with van der Waals surface area (Å²) in [6, 6.07) is 7.37. The molecule has 0 atom stereocenters. The van der Waals surface area contributed by atoms with Crippen LogP contribution in [0.1, 0.15) is 0 Å². The van der Waals surface area contributed by atoms with Gasteiger partial charge in [-0.1, -0.05) is 23.2 Å². The van der Waals surface area contributed by atoms with Crippen molar-refractivity contribution >= 4 is 35.1 Å². The highest BCUT2D eigenvalue weighted by molar-refractivity contribution is 6.31. The van der Waals surface area contributed by atoms with Crippen molar-refractivity contribution in [2.75, 3.05) is 11.9 Å². The Morgan fingerprint density at radius 1 is 1.20 bits per heavy atom. The summed E-state index contributed by atoms with van der Waals surface area (Å²) in [5, 5.41) is 7.34. The first-order valence-electron chi connectivity index (χ1n) is 4.44. The van der Waals surface area contributed by atoms with Crippen LogP contribution in [0.2, 0.25) is 5.02 Å². The highest BCUT2D eigenvalue weighted by Gasteiger charge is 2.06. The lowest BCUT2D eigenvalue weighted by atomic mass is 10.3. The second kappa shape index (κ2) is 4.55. The quantitative estimate of drug-likeness (QED) is 0.782. The summed E-state index contributed by atoms with van der Waals surface area (Å²) in [5.41, 5.74) is 0.914. The van der Waals surface area contributed by atoms with Gasteiger partial charge in [-0.2, -0.15) is 0 Å². The molecule has 1 aliphatic heterocycles. The number of nitrogens with one attached hydrogen (secondary N) is 2. The van der Waals surface area contributed by atoms with Gasteiger partial charge in [0.2, 0.25) is 0 Å². The van der Waals surface area contributed by atoms with E-state index in [-0.39, 0.29) is 0 Å². The van der Waals surface area contributed by atoms with Gasteiger partial charge in [0.05, 0.1) is 6.54 Å². The number of benzene rings is 1. The molecule has 2 rings (SSSR count). The van der Waals surface area contributed by atoms with Crippen LogP contribution in [0.5, 0.6) is 0 Å². The zero-order valence-electron chi connectivity index (χ0n) is 7.80. The molecule has 1 aliphatic rings. The van der Waals surface area contributed by atoms with Crippen LogP contribution in [0, 0.1) is 0 Å². The van der Waals surface area contributed by atoms with Crippen LogP contribution >= 0.6 is 23.2 Å². The van der Waals surface area contributed by atoms with Crippen molar-refractivity contribution in [3.05, 3.63) is 40.3 Å². The molecule has 0 bridgehead atoms. The second-order valence-corrected chi connectivity index (χ2v) is 3.78. The summed E-state index contributed by atoms with van der Waals surface area (Å²) in [7, 11) is 0. The summed E-state index contributed by atoms with van der Waals surface area (Å²) in [6.07, 6.45) is 1.72. The van der Waals surface area contributed by atoms with Gasteiger partial charge in [0.15, 0.2) is 5.16 Å². The molecule has 0 fully saturated rings. The van der Waals surface area contributed by atoms with E-state index in [9.17, 15) is 0 Å². The molecule has 5 heteroatoms. The Hall–Kier alpha value is -1.19. The molecule has 0 saturated carbocycles. The molecule has 1 aromatic rings. The Balaban J connectivity index is 2.15. The molecular weight excluding hydrogens is 233 g/mol. The minimum Gasteiger partial charge on any atom is -0.364 e. The summed E-state index contributed by atoms with van der Waals surface area (Å²) in [5.74, 6) is 0.710. The molecule has 0 aromatic heterocycles. The van der Waals surface area contributed by atoms with E-state index in [0.29, 0.717) is 22.5 Å². The van der Waals surface area contributed by atoms with E-state index in [2.05, 4.69) is 15.6 Å². The van der Waals surface area contributed by atoms with Gasteiger partial charge < -0.3 is 10.6 Å². The number of anilines is 1. The third-order valence-electron chi connectivity index (χ3n) is 1.89. The van der Waals surface area contributed by atoms with Crippen molar-refractivity contribution in [2.45, 2.75) is 0 Å². The fraction of sp³-hybridized carbons (Fsp3) is 0.100. The smallest absolute Gasteiger partial charge is 0.169 e. The monoisotopic (exact) mass is 241 g/mol. The molecule has 3 nitrogen and oxygen atoms in total. The van der Waals surface area contributed by atoms with Crippen LogP contribution in [0.4, 0.5) is 5.69 Å². The van der Waals surface area contributed by atoms with Crippen LogP contribution in [0.3, 0.4) is 0 Å². The number of hydrogen-bond donors (Lipinski definition) is 2. The molecule has 0 unspecified atom stereocenters. The van der Waals surface area contributed by atoms with E-state index in [1.54, 1.807) is 6.21 Å². The van der Waals surface area contributed by atoms with E-state index in [4.69, 9.17) is 23.2 Å². The van der Waals surface area contributed by atoms with Gasteiger partial charge in [-0.25, -0.2) is 4.99 Å². The zero-order chi connectivity index (χ0) is 10.7. The zero-order valence-corrected chi connectivity index (χ0v) is 9.31. The van der Waals surface area contributed by atoms with Gasteiger partial charge in [-0.3, -0.25) is 0 Å². The van der Waals surface area contributed by atoms with Crippen LogP contribution in [-0.4, -0.2) is 12.8 Å². The fourth-order valence-corrected chi connectivity index (χ4v) is 1.49. The molecule has 0 saturated heterocycles. The maximum absolute atomic E-state index is 5.89. The van der Waals surface area contributed by atoms with Crippen molar-refractivity contribution in [3.63, 3.8) is 0 Å². The number of nitrogens with zero attached hydrogens (tertiary/aromatic N) is 1. The predicted molar refractivity (Wildman–Crippen MR) is 64.4 cm³/mol. The van der Waals surface area contributed by atoms with E-state index >= 15 is 0 Å². The molecule has 0 amide bonds. The van der Waals surface area contributed by atoms with Gasteiger partial charge in [0, 0.05) is 16.9 Å². The maximum Gasteiger partial charge on any atom is 0.169 e. The minimum atomic E-state index is 0.427. The Bertz CT molecular complexity index is 409. The third-order valence-corrected chi connectivity index (χ3v) is 2.43. The summed E-state index contributed by atoms with van der Waals surface area (Å²) >= 11 is 11.7. The summed E-state index contributed by atoms with van der Waals surface area (Å²) < 4.78 is 0. The standard InChI is InChI=1S/C10H9Cl2N3/c11-7-1-3-8(4-2-7)15-10-9(12)13-5-6-14-10/h1-5,14-15H,6H2. The lowest BCUT2D eigenvalue weighted by Gasteiger charge is -2.15. The fourth-order valence-electron chi connectivity index (χ4n) is 1.18. The highest BCUT2D eigenvalue weighted by atomic mass is 35.5. The normalized spacial score (nSPS) is 15.1. The summed E-state index contributed by atoms with van der Waals surface area (Å²) in [6.45, 7) is 0.673. The van der Waals surface area contributed by atoms with E-state index < -0.39 is 0 Å². The Labute approximate surface area is 97.8 Å². The third kappa shape index (κ3) is 2.64. The lowest BCUT2D eigenvalue weighted by Crippen LogP contribution is -2.25. The predicted octanol–water partition coefficient (Wildman–Crippen LogP) is 2.79. The van der Waals surface area contributed by atoms with Crippen molar-refractivity contribution in [1.82, 2.24) is 5.32 Å². The molecule has 78 valence electrons. The molecule has 0 aliphatic carbocycles. The number of halogens is 2. The summed E-state index contributed by atoms with van der Waals surface area (Å²) in [4.78, 5) is 3.99. The molecule has 1 heterocycles. The first-order chi connectivity index (χ1) is 7.25. The SMILES string of the molecule is ClC1=C(Nc2ccc(Cl)cc2)NCC=N1. The average Bonchev–Trinajstić information content (AvgIpc) is 2.25. The van der Waals surface area contributed by atoms with Gasteiger partial charge in [0.25, 0.3) is 0 Å².